The van der Waals surface area contributed by atoms with Gasteiger partial charge in [0, 0.05) is 6.54 Å². The Morgan fingerprint density at radius 1 is 1.44 bits per heavy atom. The van der Waals surface area contributed by atoms with Crippen LogP contribution < -0.4 is 16.4 Å². The van der Waals surface area contributed by atoms with E-state index in [4.69, 9.17) is 5.73 Å². The first-order valence-electron chi connectivity index (χ1n) is 5.75. The summed E-state index contributed by atoms with van der Waals surface area (Å²) >= 11 is 0. The van der Waals surface area contributed by atoms with Crippen molar-refractivity contribution < 1.29 is 4.79 Å². The van der Waals surface area contributed by atoms with Gasteiger partial charge >= 0.3 is 0 Å². The molecule has 1 amide bonds. The number of nitrogens with two attached hydrogens (primary N) is 1. The number of nitrogen functional groups attached to an aromatic ring is 1. The van der Waals surface area contributed by atoms with Crippen LogP contribution in [0.5, 0.6) is 0 Å². The molecule has 2 aromatic rings. The fraction of sp³-hybridized carbons (Fsp3) is 0.400. The highest BCUT2D eigenvalue weighted by Crippen LogP contribution is 2.20. The molecular weight excluding hydrogens is 234 g/mol. The van der Waals surface area contributed by atoms with Crippen molar-refractivity contribution in [2.45, 2.75) is 18.9 Å². The van der Waals surface area contributed by atoms with Gasteiger partial charge in [-0.3, -0.25) is 9.89 Å². The summed E-state index contributed by atoms with van der Waals surface area (Å²) in [6.07, 6.45) is 3.32. The molecule has 0 aliphatic carbocycles. The van der Waals surface area contributed by atoms with E-state index in [0.717, 1.165) is 24.8 Å². The third kappa shape index (κ3) is 1.81. The van der Waals surface area contributed by atoms with Crippen molar-refractivity contribution in [3.63, 3.8) is 0 Å². The Hall–Kier alpha value is -2.38. The molecular formula is C10H13N7O. The maximum absolute atomic E-state index is 11.7. The molecule has 3 rings (SSSR count). The highest BCUT2D eigenvalue weighted by atomic mass is 16.2. The standard InChI is InChI=1S/C10H13N7O/c11-10-15-7(5-4-13-17-8(5)16-10)14-6-2-1-3-12-9(6)18/h4,6H,1-3H2,(H,12,18)(H4,11,13,14,15,16,17). The monoisotopic (exact) mass is 247 g/mol. The SMILES string of the molecule is Nc1nc(NC2CCCNC2=O)c2cn[nH]c2n1. The summed E-state index contributed by atoms with van der Waals surface area (Å²) < 4.78 is 0. The van der Waals surface area contributed by atoms with Crippen molar-refractivity contribution in [3.05, 3.63) is 6.20 Å². The zero-order valence-electron chi connectivity index (χ0n) is 9.60. The molecule has 0 aromatic carbocycles. The lowest BCUT2D eigenvalue weighted by atomic mass is 10.1. The summed E-state index contributed by atoms with van der Waals surface area (Å²) in [6, 6.07) is -0.286. The van der Waals surface area contributed by atoms with Crippen LogP contribution in [0.4, 0.5) is 11.8 Å². The largest absolute Gasteiger partial charge is 0.368 e. The Balaban J connectivity index is 1.93. The van der Waals surface area contributed by atoms with Gasteiger partial charge in [0.15, 0.2) is 5.65 Å². The summed E-state index contributed by atoms with van der Waals surface area (Å²) in [6.45, 7) is 0.726. The van der Waals surface area contributed by atoms with Gasteiger partial charge in [-0.1, -0.05) is 0 Å². The summed E-state index contributed by atoms with van der Waals surface area (Å²) in [5.74, 6) is 0.661. The smallest absolute Gasteiger partial charge is 0.242 e. The molecule has 1 fully saturated rings. The Morgan fingerprint density at radius 3 is 3.17 bits per heavy atom. The van der Waals surface area contributed by atoms with Crippen molar-refractivity contribution in [2.24, 2.45) is 0 Å². The lowest BCUT2D eigenvalue weighted by Gasteiger charge is -2.23. The number of nitrogens with one attached hydrogen (secondary N) is 3. The molecule has 1 unspecified atom stereocenters. The van der Waals surface area contributed by atoms with Crippen LogP contribution in [0.25, 0.3) is 11.0 Å². The van der Waals surface area contributed by atoms with Crippen LogP contribution in [0, 0.1) is 0 Å². The van der Waals surface area contributed by atoms with E-state index in [1.165, 1.54) is 0 Å². The van der Waals surface area contributed by atoms with Gasteiger partial charge in [0.05, 0.1) is 11.6 Å². The maximum atomic E-state index is 11.7. The molecule has 18 heavy (non-hydrogen) atoms. The van der Waals surface area contributed by atoms with Gasteiger partial charge in [-0.05, 0) is 12.8 Å². The Labute approximate surface area is 102 Å². The molecule has 0 radical (unpaired) electrons. The third-order valence-corrected chi connectivity index (χ3v) is 2.92. The van der Waals surface area contributed by atoms with E-state index in [9.17, 15) is 4.79 Å². The second kappa shape index (κ2) is 4.13. The second-order valence-corrected chi connectivity index (χ2v) is 4.19. The van der Waals surface area contributed by atoms with Crippen molar-refractivity contribution >= 4 is 28.7 Å². The number of nitrogens with zero attached hydrogens (tertiary/aromatic N) is 3. The zero-order valence-corrected chi connectivity index (χ0v) is 9.60. The first kappa shape index (κ1) is 10.8. The van der Waals surface area contributed by atoms with E-state index < -0.39 is 0 Å². The predicted molar refractivity (Wildman–Crippen MR) is 65.8 cm³/mol. The highest BCUT2D eigenvalue weighted by Gasteiger charge is 2.23. The molecule has 0 saturated carbocycles. The molecule has 1 saturated heterocycles. The number of fused-ring (bicyclic) bond motifs is 1. The molecule has 8 heteroatoms. The van der Waals surface area contributed by atoms with E-state index in [-0.39, 0.29) is 17.9 Å². The number of aromatic amines is 1. The number of piperidine rings is 1. The number of anilines is 2. The van der Waals surface area contributed by atoms with Crippen LogP contribution >= 0.6 is 0 Å². The van der Waals surface area contributed by atoms with Crippen LogP contribution in [0.1, 0.15) is 12.8 Å². The Bertz CT molecular complexity index is 593. The number of hydrogen-bond donors (Lipinski definition) is 4. The van der Waals surface area contributed by atoms with Gasteiger partial charge in [0.2, 0.25) is 11.9 Å². The number of aromatic nitrogens is 4. The van der Waals surface area contributed by atoms with E-state index in [1.54, 1.807) is 6.20 Å². The van der Waals surface area contributed by atoms with Crippen molar-refractivity contribution in [2.75, 3.05) is 17.6 Å². The van der Waals surface area contributed by atoms with Gasteiger partial charge in [-0.25, -0.2) is 0 Å². The molecule has 1 aliphatic rings. The van der Waals surface area contributed by atoms with Crippen LogP contribution in [-0.2, 0) is 4.79 Å². The molecule has 2 aromatic heterocycles. The maximum Gasteiger partial charge on any atom is 0.242 e. The van der Waals surface area contributed by atoms with Crippen molar-refractivity contribution in [1.82, 2.24) is 25.5 Å². The molecule has 1 atom stereocenters. The van der Waals surface area contributed by atoms with E-state index in [0.29, 0.717) is 11.5 Å². The number of rotatable bonds is 2. The topological polar surface area (TPSA) is 122 Å². The molecule has 3 heterocycles. The van der Waals surface area contributed by atoms with Crippen molar-refractivity contribution in [1.29, 1.82) is 0 Å². The Morgan fingerprint density at radius 2 is 2.33 bits per heavy atom. The van der Waals surface area contributed by atoms with Gasteiger partial charge in [-0.2, -0.15) is 15.1 Å². The minimum Gasteiger partial charge on any atom is -0.368 e. The molecule has 5 N–H and O–H groups in total. The second-order valence-electron chi connectivity index (χ2n) is 4.19. The average Bonchev–Trinajstić information content (AvgIpc) is 2.80. The van der Waals surface area contributed by atoms with Crippen LogP contribution in [-0.4, -0.2) is 38.7 Å². The van der Waals surface area contributed by atoms with Gasteiger partial charge in [0.25, 0.3) is 0 Å². The summed E-state index contributed by atoms with van der Waals surface area (Å²) in [5.41, 5.74) is 6.17. The van der Waals surface area contributed by atoms with Crippen molar-refractivity contribution in [3.8, 4) is 0 Å². The molecule has 0 spiro atoms. The number of H-pyrrole nitrogens is 1. The number of hydrogen-bond acceptors (Lipinski definition) is 6. The van der Waals surface area contributed by atoms with Gasteiger partial charge in [0.1, 0.15) is 11.9 Å². The molecule has 1 aliphatic heterocycles. The van der Waals surface area contributed by atoms with Gasteiger partial charge in [-0.15, -0.1) is 0 Å². The fourth-order valence-electron chi connectivity index (χ4n) is 2.04. The minimum atomic E-state index is -0.286. The number of amides is 1. The van der Waals surface area contributed by atoms with Gasteiger partial charge < -0.3 is 16.4 Å². The lowest BCUT2D eigenvalue weighted by Crippen LogP contribution is -2.44. The third-order valence-electron chi connectivity index (χ3n) is 2.92. The molecule has 8 nitrogen and oxygen atoms in total. The lowest BCUT2D eigenvalue weighted by molar-refractivity contribution is -0.123. The summed E-state index contributed by atoms with van der Waals surface area (Å²) in [4.78, 5) is 19.8. The minimum absolute atomic E-state index is 0.0184. The van der Waals surface area contributed by atoms with Crippen LogP contribution in [0.3, 0.4) is 0 Å². The normalized spacial score (nSPS) is 19.8. The first-order valence-corrected chi connectivity index (χ1v) is 5.75. The van der Waals surface area contributed by atoms with E-state index >= 15 is 0 Å². The van der Waals surface area contributed by atoms with Crippen LogP contribution in [0.2, 0.25) is 0 Å². The Kier molecular flexibility index (Phi) is 2.47. The molecule has 94 valence electrons. The summed E-state index contributed by atoms with van der Waals surface area (Å²) in [7, 11) is 0. The predicted octanol–water partition coefficient (Wildman–Crippen LogP) is -0.374. The zero-order chi connectivity index (χ0) is 12.5. The fourth-order valence-corrected chi connectivity index (χ4v) is 2.04. The number of carbonyl (C=O) groups excluding carboxylic acids is 1. The quantitative estimate of drug-likeness (QED) is 0.574. The average molecular weight is 247 g/mol. The number of carbonyl (C=O) groups is 1. The van der Waals surface area contributed by atoms with E-state index in [2.05, 4.69) is 30.8 Å². The van der Waals surface area contributed by atoms with E-state index in [1.807, 2.05) is 0 Å². The highest BCUT2D eigenvalue weighted by molar-refractivity contribution is 5.91. The summed E-state index contributed by atoms with van der Waals surface area (Å²) in [5, 5.41) is 13.3. The first-order chi connectivity index (χ1) is 8.74. The molecule has 0 bridgehead atoms. The van der Waals surface area contributed by atoms with Crippen LogP contribution in [0.15, 0.2) is 6.20 Å².